The normalized spacial score (nSPS) is 17.8. The summed E-state index contributed by atoms with van der Waals surface area (Å²) in [5.74, 6) is 1.90. The first kappa shape index (κ1) is 32.2. The van der Waals surface area contributed by atoms with Gasteiger partial charge in [0.2, 0.25) is 12.7 Å². The highest BCUT2D eigenvalue weighted by atomic mass is 16.7. The standard InChI is InChI=1S/C33H39N5O8/c1-20-16-38(21(2)18-39)31(40)14-22-13-24(34-32(41)35-25-8-12-28-29(15-25)45-19-44-28)7-11-27(22)46-30(20)17-37(3)33(42)36-23-5-9-26(43-4)10-6-23/h5-13,15,20-21,30,39H,14,16-19H2,1-4H3,(H,36,42)(H2,34,35,41)/t20-,21-,30+/m0/s1. The van der Waals surface area contributed by atoms with Crippen LogP contribution in [0.25, 0.3) is 0 Å². The summed E-state index contributed by atoms with van der Waals surface area (Å²) >= 11 is 0. The van der Waals surface area contributed by atoms with Crippen molar-refractivity contribution in [2.45, 2.75) is 32.4 Å². The molecule has 0 saturated heterocycles. The fourth-order valence-electron chi connectivity index (χ4n) is 5.24. The highest BCUT2D eigenvalue weighted by Gasteiger charge is 2.32. The zero-order valence-corrected chi connectivity index (χ0v) is 26.2. The molecule has 0 bridgehead atoms. The summed E-state index contributed by atoms with van der Waals surface area (Å²) in [5, 5.41) is 18.4. The van der Waals surface area contributed by atoms with Crippen LogP contribution >= 0.6 is 0 Å². The summed E-state index contributed by atoms with van der Waals surface area (Å²) in [7, 11) is 3.25. The second kappa shape index (κ2) is 14.3. The third-order valence-corrected chi connectivity index (χ3v) is 7.95. The predicted octanol–water partition coefficient (Wildman–Crippen LogP) is 4.38. The second-order valence-electron chi connectivity index (χ2n) is 11.4. The third-order valence-electron chi connectivity index (χ3n) is 7.95. The molecular formula is C33H39N5O8. The van der Waals surface area contributed by atoms with Gasteiger partial charge in [0.15, 0.2) is 11.5 Å². The Morgan fingerprint density at radius 1 is 0.978 bits per heavy atom. The zero-order chi connectivity index (χ0) is 32.8. The molecule has 5 rings (SSSR count). The van der Waals surface area contributed by atoms with Gasteiger partial charge < -0.3 is 49.8 Å². The molecule has 13 nitrogen and oxygen atoms in total. The lowest BCUT2D eigenvalue weighted by molar-refractivity contribution is -0.134. The van der Waals surface area contributed by atoms with Crippen LogP contribution in [0.2, 0.25) is 0 Å². The number of urea groups is 2. The Kier molecular flexibility index (Phi) is 10.0. The van der Waals surface area contributed by atoms with Crippen LogP contribution in [0, 0.1) is 5.92 Å². The topological polar surface area (TPSA) is 151 Å². The van der Waals surface area contributed by atoms with E-state index in [1.54, 1.807) is 86.6 Å². The fraction of sp³-hybridized carbons (Fsp3) is 0.364. The summed E-state index contributed by atoms with van der Waals surface area (Å²) in [6.45, 7) is 4.19. The van der Waals surface area contributed by atoms with Gasteiger partial charge in [-0.1, -0.05) is 6.92 Å². The smallest absolute Gasteiger partial charge is 0.323 e. The first-order chi connectivity index (χ1) is 22.1. The van der Waals surface area contributed by atoms with Crippen LogP contribution in [0.15, 0.2) is 60.7 Å². The van der Waals surface area contributed by atoms with Gasteiger partial charge in [0, 0.05) is 48.2 Å². The van der Waals surface area contributed by atoms with E-state index in [0.29, 0.717) is 52.2 Å². The number of anilines is 3. The van der Waals surface area contributed by atoms with Crippen LogP contribution in [0.3, 0.4) is 0 Å². The number of hydrogen-bond acceptors (Lipinski definition) is 8. The number of fused-ring (bicyclic) bond motifs is 2. The number of carbonyl (C=O) groups excluding carboxylic acids is 3. The van der Waals surface area contributed by atoms with Crippen LogP contribution in [-0.2, 0) is 11.2 Å². The number of likely N-dealkylation sites (N-methyl/N-ethyl adjacent to an activating group) is 1. The number of amides is 5. The van der Waals surface area contributed by atoms with Crippen molar-refractivity contribution in [1.82, 2.24) is 9.80 Å². The molecule has 46 heavy (non-hydrogen) atoms. The molecule has 0 saturated carbocycles. The number of methoxy groups -OCH3 is 1. The van der Waals surface area contributed by atoms with Gasteiger partial charge in [-0.15, -0.1) is 0 Å². The first-order valence-corrected chi connectivity index (χ1v) is 15.0. The number of nitrogens with zero attached hydrogens (tertiary/aromatic N) is 2. The quantitative estimate of drug-likeness (QED) is 0.285. The lowest BCUT2D eigenvalue weighted by Gasteiger charge is -2.34. The summed E-state index contributed by atoms with van der Waals surface area (Å²) in [6, 6.07) is 16.0. The van der Waals surface area contributed by atoms with E-state index in [2.05, 4.69) is 16.0 Å². The molecule has 2 aliphatic heterocycles. The minimum absolute atomic E-state index is 0.00773. The van der Waals surface area contributed by atoms with Crippen LogP contribution in [0.1, 0.15) is 19.4 Å². The first-order valence-electron chi connectivity index (χ1n) is 15.0. The van der Waals surface area contributed by atoms with Crippen molar-refractivity contribution in [3.63, 3.8) is 0 Å². The third kappa shape index (κ3) is 7.72. The van der Waals surface area contributed by atoms with Crippen molar-refractivity contribution in [1.29, 1.82) is 0 Å². The number of rotatable bonds is 8. The average molecular weight is 634 g/mol. The maximum Gasteiger partial charge on any atom is 0.323 e. The Morgan fingerprint density at radius 3 is 2.33 bits per heavy atom. The highest BCUT2D eigenvalue weighted by Crippen LogP contribution is 2.34. The van der Waals surface area contributed by atoms with E-state index in [-0.39, 0.29) is 44.2 Å². The van der Waals surface area contributed by atoms with Gasteiger partial charge >= 0.3 is 12.1 Å². The number of carbonyl (C=O) groups is 3. The van der Waals surface area contributed by atoms with Crippen molar-refractivity contribution >= 4 is 35.0 Å². The summed E-state index contributed by atoms with van der Waals surface area (Å²) < 4.78 is 22.4. The number of nitrogens with one attached hydrogen (secondary N) is 3. The van der Waals surface area contributed by atoms with Crippen molar-refractivity contribution in [3.8, 4) is 23.0 Å². The lowest BCUT2D eigenvalue weighted by atomic mass is 10.0. The minimum atomic E-state index is -0.502. The number of aliphatic hydroxyl groups excluding tert-OH is 1. The van der Waals surface area contributed by atoms with Crippen molar-refractivity contribution in [2.75, 3.05) is 56.6 Å². The Balaban J connectivity index is 1.33. The molecule has 0 unspecified atom stereocenters. The van der Waals surface area contributed by atoms with Gasteiger partial charge in [0.1, 0.15) is 17.6 Å². The van der Waals surface area contributed by atoms with E-state index in [4.69, 9.17) is 18.9 Å². The molecule has 2 aliphatic rings. The second-order valence-corrected chi connectivity index (χ2v) is 11.4. The molecule has 13 heteroatoms. The van der Waals surface area contributed by atoms with E-state index >= 15 is 0 Å². The molecule has 2 heterocycles. The van der Waals surface area contributed by atoms with E-state index in [9.17, 15) is 19.5 Å². The van der Waals surface area contributed by atoms with Crippen LogP contribution in [0.4, 0.5) is 26.7 Å². The monoisotopic (exact) mass is 633 g/mol. The highest BCUT2D eigenvalue weighted by molar-refractivity contribution is 6.00. The van der Waals surface area contributed by atoms with Gasteiger partial charge in [0.25, 0.3) is 0 Å². The fourth-order valence-corrected chi connectivity index (χ4v) is 5.24. The summed E-state index contributed by atoms with van der Waals surface area (Å²) in [5.41, 5.74) is 2.15. The lowest BCUT2D eigenvalue weighted by Crippen LogP contribution is -2.48. The molecule has 3 aromatic rings. The Labute approximate surface area is 267 Å². The van der Waals surface area contributed by atoms with Crippen molar-refractivity contribution in [2.24, 2.45) is 5.92 Å². The van der Waals surface area contributed by atoms with Gasteiger partial charge in [-0.25, -0.2) is 9.59 Å². The Morgan fingerprint density at radius 2 is 1.63 bits per heavy atom. The van der Waals surface area contributed by atoms with Gasteiger partial charge in [-0.05, 0) is 61.5 Å². The molecule has 244 valence electrons. The molecule has 0 aromatic heterocycles. The van der Waals surface area contributed by atoms with Crippen LogP contribution in [0.5, 0.6) is 23.0 Å². The SMILES string of the molecule is COc1ccc(NC(=O)N(C)C[C@H]2Oc3ccc(NC(=O)Nc4ccc5c(c4)OCO5)cc3CC(=O)N([C@@H](C)CO)C[C@@H]2C)cc1. The Hall–Kier alpha value is -5.17. The molecular weight excluding hydrogens is 594 g/mol. The van der Waals surface area contributed by atoms with E-state index in [1.165, 1.54) is 4.90 Å². The predicted molar refractivity (Wildman–Crippen MR) is 172 cm³/mol. The molecule has 0 radical (unpaired) electrons. The molecule has 0 aliphatic carbocycles. The Bertz CT molecular complexity index is 1570. The van der Waals surface area contributed by atoms with Gasteiger partial charge in [-0.2, -0.15) is 0 Å². The number of benzene rings is 3. The minimum Gasteiger partial charge on any atom is -0.497 e. The molecule has 5 amide bonds. The maximum atomic E-state index is 13.5. The molecule has 4 N–H and O–H groups in total. The van der Waals surface area contributed by atoms with E-state index in [0.717, 1.165) is 0 Å². The number of hydrogen-bond donors (Lipinski definition) is 4. The number of ether oxygens (including phenoxy) is 4. The van der Waals surface area contributed by atoms with Gasteiger partial charge in [-0.3, -0.25) is 4.79 Å². The molecule has 0 spiro atoms. The van der Waals surface area contributed by atoms with E-state index < -0.39 is 18.2 Å². The molecule has 3 atom stereocenters. The average Bonchev–Trinajstić information content (AvgIpc) is 3.53. The van der Waals surface area contributed by atoms with Gasteiger partial charge in [0.05, 0.1) is 32.7 Å². The zero-order valence-electron chi connectivity index (χ0n) is 26.2. The van der Waals surface area contributed by atoms with Crippen molar-refractivity contribution in [3.05, 3.63) is 66.2 Å². The van der Waals surface area contributed by atoms with E-state index in [1.807, 2.05) is 6.92 Å². The summed E-state index contributed by atoms with van der Waals surface area (Å²) in [4.78, 5) is 42.6. The van der Waals surface area contributed by atoms with Crippen molar-refractivity contribution < 1.29 is 38.4 Å². The summed E-state index contributed by atoms with van der Waals surface area (Å²) in [6.07, 6.45) is -0.510. The maximum absolute atomic E-state index is 13.5. The molecule has 3 aromatic carbocycles. The largest absolute Gasteiger partial charge is 0.497 e. The van der Waals surface area contributed by atoms with Crippen LogP contribution in [-0.4, -0.2) is 85.7 Å². The number of aliphatic hydroxyl groups is 1. The molecule has 0 fully saturated rings. The van der Waals surface area contributed by atoms with Crippen LogP contribution < -0.4 is 34.9 Å².